The molecule has 1 aliphatic heterocycles. The minimum atomic E-state index is -0.913. The number of nitrogens with one attached hydrogen (secondary N) is 2. The fourth-order valence-corrected chi connectivity index (χ4v) is 3.48. The van der Waals surface area contributed by atoms with E-state index < -0.39 is 12.1 Å². The highest BCUT2D eigenvalue weighted by Gasteiger charge is 2.20. The second kappa shape index (κ2) is 11.2. The molecular formula is C26H26N2O6. The van der Waals surface area contributed by atoms with E-state index in [1.807, 2.05) is 36.4 Å². The Morgan fingerprint density at radius 1 is 0.941 bits per heavy atom. The van der Waals surface area contributed by atoms with Crippen LogP contribution in [-0.4, -0.2) is 43.0 Å². The van der Waals surface area contributed by atoms with Crippen molar-refractivity contribution in [1.82, 2.24) is 10.6 Å². The second-order valence-corrected chi connectivity index (χ2v) is 7.79. The summed E-state index contributed by atoms with van der Waals surface area (Å²) in [6.07, 6.45) is -0.887. The SMILES string of the molecule is O=C(CC(NC(=O)c1ccccc1)c1ccccc1)NCC(O)COc1ccc2c(c1)OCO2. The smallest absolute Gasteiger partial charge is 0.251 e. The fraction of sp³-hybridized carbons (Fsp3) is 0.231. The minimum absolute atomic E-state index is 0.00716. The van der Waals surface area contributed by atoms with Crippen molar-refractivity contribution in [3.05, 3.63) is 90.0 Å². The van der Waals surface area contributed by atoms with E-state index in [1.54, 1.807) is 42.5 Å². The molecule has 0 saturated carbocycles. The summed E-state index contributed by atoms with van der Waals surface area (Å²) in [5.41, 5.74) is 1.33. The topological polar surface area (TPSA) is 106 Å². The molecule has 1 aliphatic rings. The highest BCUT2D eigenvalue weighted by molar-refractivity contribution is 5.94. The molecule has 0 radical (unpaired) electrons. The van der Waals surface area contributed by atoms with Crippen LogP contribution < -0.4 is 24.8 Å². The molecule has 34 heavy (non-hydrogen) atoms. The van der Waals surface area contributed by atoms with E-state index in [9.17, 15) is 14.7 Å². The molecule has 2 atom stereocenters. The number of carbonyl (C=O) groups excluding carboxylic acids is 2. The predicted octanol–water partition coefficient (Wildman–Crippen LogP) is 2.83. The van der Waals surface area contributed by atoms with Gasteiger partial charge >= 0.3 is 0 Å². The lowest BCUT2D eigenvalue weighted by atomic mass is 10.0. The van der Waals surface area contributed by atoms with E-state index in [0.717, 1.165) is 5.56 Å². The van der Waals surface area contributed by atoms with Crippen LogP contribution in [0.1, 0.15) is 28.4 Å². The Morgan fingerprint density at radius 2 is 1.65 bits per heavy atom. The van der Waals surface area contributed by atoms with Crippen LogP contribution in [0.2, 0.25) is 0 Å². The number of benzene rings is 3. The molecule has 3 N–H and O–H groups in total. The second-order valence-electron chi connectivity index (χ2n) is 7.79. The van der Waals surface area contributed by atoms with Crippen LogP contribution in [0.25, 0.3) is 0 Å². The van der Waals surface area contributed by atoms with Gasteiger partial charge in [-0.05, 0) is 29.8 Å². The average molecular weight is 463 g/mol. The number of carbonyl (C=O) groups is 2. The predicted molar refractivity (Wildman–Crippen MR) is 125 cm³/mol. The van der Waals surface area contributed by atoms with Gasteiger partial charge in [0.2, 0.25) is 12.7 Å². The Labute approximate surface area is 197 Å². The molecule has 2 amide bonds. The molecule has 176 valence electrons. The Hall–Kier alpha value is -4.04. The Balaban J connectivity index is 1.28. The van der Waals surface area contributed by atoms with E-state index >= 15 is 0 Å². The summed E-state index contributed by atoms with van der Waals surface area (Å²) in [5.74, 6) is 1.20. The summed E-state index contributed by atoms with van der Waals surface area (Å²) in [7, 11) is 0. The standard InChI is InChI=1S/C26H26N2O6/c29-20(16-32-21-11-12-23-24(13-21)34-17-33-23)15-27-25(30)14-22(18-7-3-1-4-8-18)28-26(31)19-9-5-2-6-10-19/h1-13,20,22,29H,14-17H2,(H,27,30)(H,28,31). The van der Waals surface area contributed by atoms with Crippen LogP contribution in [0, 0.1) is 0 Å². The van der Waals surface area contributed by atoms with Crippen molar-refractivity contribution in [2.75, 3.05) is 19.9 Å². The van der Waals surface area contributed by atoms with E-state index in [-0.39, 0.29) is 38.2 Å². The van der Waals surface area contributed by atoms with Gasteiger partial charge in [-0.1, -0.05) is 48.5 Å². The molecule has 0 spiro atoms. The van der Waals surface area contributed by atoms with Crippen LogP contribution in [0.5, 0.6) is 17.2 Å². The lowest BCUT2D eigenvalue weighted by molar-refractivity contribution is -0.122. The monoisotopic (exact) mass is 462 g/mol. The van der Waals surface area contributed by atoms with Gasteiger partial charge in [-0.15, -0.1) is 0 Å². The molecule has 8 nitrogen and oxygen atoms in total. The summed E-state index contributed by atoms with van der Waals surface area (Å²) < 4.78 is 16.1. The number of hydrogen-bond acceptors (Lipinski definition) is 6. The molecule has 0 fully saturated rings. The van der Waals surface area contributed by atoms with E-state index in [4.69, 9.17) is 14.2 Å². The van der Waals surface area contributed by atoms with Gasteiger partial charge in [0, 0.05) is 18.2 Å². The average Bonchev–Trinajstić information content (AvgIpc) is 3.35. The summed E-state index contributed by atoms with van der Waals surface area (Å²) in [6, 6.07) is 22.8. The van der Waals surface area contributed by atoms with Crippen molar-refractivity contribution < 1.29 is 28.9 Å². The number of fused-ring (bicyclic) bond motifs is 1. The van der Waals surface area contributed by atoms with Gasteiger partial charge < -0.3 is 30.0 Å². The van der Waals surface area contributed by atoms with Crippen LogP contribution in [-0.2, 0) is 4.79 Å². The molecule has 3 aromatic carbocycles. The van der Waals surface area contributed by atoms with Gasteiger partial charge in [0.1, 0.15) is 18.5 Å². The molecule has 4 rings (SSSR count). The molecule has 0 bridgehead atoms. The normalized spacial score (nSPS) is 13.6. The number of amides is 2. The van der Waals surface area contributed by atoms with Gasteiger partial charge in [0.25, 0.3) is 5.91 Å². The largest absolute Gasteiger partial charge is 0.491 e. The van der Waals surface area contributed by atoms with Crippen molar-refractivity contribution >= 4 is 11.8 Å². The molecule has 3 aromatic rings. The maximum atomic E-state index is 12.7. The summed E-state index contributed by atoms with van der Waals surface area (Å²) in [5, 5.41) is 15.9. The molecule has 8 heteroatoms. The first-order chi connectivity index (χ1) is 16.6. The Bertz CT molecular complexity index is 1110. The highest BCUT2D eigenvalue weighted by Crippen LogP contribution is 2.35. The third-order valence-electron chi connectivity index (χ3n) is 5.25. The summed E-state index contributed by atoms with van der Waals surface area (Å²) >= 11 is 0. The van der Waals surface area contributed by atoms with Gasteiger partial charge in [-0.25, -0.2) is 0 Å². The Kier molecular flexibility index (Phi) is 7.62. The molecule has 2 unspecified atom stereocenters. The minimum Gasteiger partial charge on any atom is -0.491 e. The number of ether oxygens (including phenoxy) is 3. The van der Waals surface area contributed by atoms with Crippen molar-refractivity contribution in [1.29, 1.82) is 0 Å². The number of rotatable bonds is 10. The van der Waals surface area contributed by atoms with Gasteiger partial charge in [-0.3, -0.25) is 9.59 Å². The first-order valence-electron chi connectivity index (χ1n) is 11.0. The fourth-order valence-electron chi connectivity index (χ4n) is 3.48. The van der Waals surface area contributed by atoms with Crippen LogP contribution in [0.4, 0.5) is 0 Å². The van der Waals surface area contributed by atoms with E-state index in [2.05, 4.69) is 10.6 Å². The van der Waals surface area contributed by atoms with E-state index in [1.165, 1.54) is 0 Å². The zero-order chi connectivity index (χ0) is 23.8. The third kappa shape index (κ3) is 6.26. The molecule has 1 heterocycles. The summed E-state index contributed by atoms with van der Waals surface area (Å²) in [4.78, 5) is 25.3. The van der Waals surface area contributed by atoms with Gasteiger partial charge in [0.05, 0.1) is 12.5 Å². The van der Waals surface area contributed by atoms with Gasteiger partial charge in [0.15, 0.2) is 11.5 Å². The van der Waals surface area contributed by atoms with Gasteiger partial charge in [-0.2, -0.15) is 0 Å². The maximum absolute atomic E-state index is 12.7. The Morgan fingerprint density at radius 3 is 2.41 bits per heavy atom. The van der Waals surface area contributed by atoms with Crippen molar-refractivity contribution in [2.24, 2.45) is 0 Å². The first kappa shape index (κ1) is 23.1. The quantitative estimate of drug-likeness (QED) is 0.428. The number of hydrogen-bond donors (Lipinski definition) is 3. The van der Waals surface area contributed by atoms with Crippen LogP contribution in [0.15, 0.2) is 78.9 Å². The van der Waals surface area contributed by atoms with Crippen molar-refractivity contribution in [3.8, 4) is 17.2 Å². The van der Waals surface area contributed by atoms with Crippen LogP contribution in [0.3, 0.4) is 0 Å². The number of aliphatic hydroxyl groups excluding tert-OH is 1. The van der Waals surface area contributed by atoms with Crippen molar-refractivity contribution in [2.45, 2.75) is 18.6 Å². The van der Waals surface area contributed by atoms with E-state index in [0.29, 0.717) is 22.8 Å². The molecule has 0 saturated heterocycles. The summed E-state index contributed by atoms with van der Waals surface area (Å²) in [6.45, 7) is 0.174. The highest BCUT2D eigenvalue weighted by atomic mass is 16.7. The van der Waals surface area contributed by atoms with Crippen LogP contribution >= 0.6 is 0 Å². The number of aliphatic hydroxyl groups is 1. The third-order valence-corrected chi connectivity index (χ3v) is 5.25. The lowest BCUT2D eigenvalue weighted by Gasteiger charge is -2.20. The zero-order valence-electron chi connectivity index (χ0n) is 18.5. The molecular weight excluding hydrogens is 436 g/mol. The zero-order valence-corrected chi connectivity index (χ0v) is 18.5. The maximum Gasteiger partial charge on any atom is 0.251 e. The molecule has 0 aliphatic carbocycles. The van der Waals surface area contributed by atoms with Crippen molar-refractivity contribution in [3.63, 3.8) is 0 Å². The lowest BCUT2D eigenvalue weighted by Crippen LogP contribution is -2.38. The first-order valence-corrected chi connectivity index (χ1v) is 11.0. The molecule has 0 aromatic heterocycles.